The molecule has 0 radical (unpaired) electrons. The van der Waals surface area contributed by atoms with Crippen LogP contribution < -0.4 is 9.47 Å². The van der Waals surface area contributed by atoms with Gasteiger partial charge in [-0.25, -0.2) is 9.79 Å². The molecule has 1 aliphatic heterocycles. The van der Waals surface area contributed by atoms with E-state index >= 15 is 0 Å². The molecule has 0 aliphatic carbocycles. The Hall–Kier alpha value is -3.35. The van der Waals surface area contributed by atoms with Crippen LogP contribution in [-0.4, -0.2) is 24.4 Å². The molecule has 0 fully saturated rings. The highest BCUT2D eigenvalue weighted by Crippen LogP contribution is 2.30. The summed E-state index contributed by atoms with van der Waals surface area (Å²) in [6.07, 6.45) is 4.07. The van der Waals surface area contributed by atoms with Gasteiger partial charge in [0.05, 0.1) is 12.9 Å². The summed E-state index contributed by atoms with van der Waals surface area (Å²) in [7, 11) is 0. The Morgan fingerprint density at radius 2 is 2.07 bits per heavy atom. The van der Waals surface area contributed by atoms with Crippen LogP contribution in [0.15, 0.2) is 51.7 Å². The lowest BCUT2D eigenvalue weighted by Crippen LogP contribution is -2.08. The van der Waals surface area contributed by atoms with E-state index in [1.807, 2.05) is 13.8 Å². The topological polar surface area (TPSA) is 87.3 Å². The molecule has 0 saturated heterocycles. The van der Waals surface area contributed by atoms with E-state index in [2.05, 4.69) is 4.99 Å². The second kappa shape index (κ2) is 8.35. The van der Waals surface area contributed by atoms with Gasteiger partial charge in [0.2, 0.25) is 0 Å². The Morgan fingerprint density at radius 3 is 2.78 bits per heavy atom. The molecule has 3 rings (SSSR count). The predicted molar refractivity (Wildman–Crippen MR) is 97.5 cm³/mol. The average molecular weight is 369 g/mol. The third kappa shape index (κ3) is 4.44. The second-order valence-corrected chi connectivity index (χ2v) is 5.68. The summed E-state index contributed by atoms with van der Waals surface area (Å²) in [5.41, 5.74) is 0.796. The molecule has 0 N–H and O–H groups in total. The van der Waals surface area contributed by atoms with Gasteiger partial charge < -0.3 is 18.6 Å². The zero-order valence-electron chi connectivity index (χ0n) is 15.1. The second-order valence-electron chi connectivity index (χ2n) is 5.68. The molecule has 27 heavy (non-hydrogen) atoms. The lowest BCUT2D eigenvalue weighted by molar-refractivity contribution is -0.134. The molecule has 0 spiro atoms. The van der Waals surface area contributed by atoms with Gasteiger partial charge in [0.25, 0.3) is 5.90 Å². The largest absolute Gasteiger partial charge is 0.490 e. The number of nitrogens with zero attached hydrogens (tertiary/aromatic N) is 1. The smallest absolute Gasteiger partial charge is 0.363 e. The van der Waals surface area contributed by atoms with Crippen LogP contribution in [0.5, 0.6) is 11.5 Å². The number of esters is 2. The maximum atomic E-state index is 12.0. The van der Waals surface area contributed by atoms with Crippen molar-refractivity contribution in [3.05, 3.63) is 53.6 Å². The van der Waals surface area contributed by atoms with Gasteiger partial charge in [-0.1, -0.05) is 13.0 Å². The molecule has 1 aliphatic rings. The summed E-state index contributed by atoms with van der Waals surface area (Å²) >= 11 is 0. The fourth-order valence-electron chi connectivity index (χ4n) is 2.42. The van der Waals surface area contributed by atoms with Crippen molar-refractivity contribution in [2.75, 3.05) is 6.61 Å². The first-order chi connectivity index (χ1) is 13.1. The lowest BCUT2D eigenvalue weighted by Gasteiger charge is -2.11. The molecule has 1 aromatic heterocycles. The third-order valence-corrected chi connectivity index (χ3v) is 3.60. The first-order valence-corrected chi connectivity index (χ1v) is 8.64. The minimum Gasteiger partial charge on any atom is -0.490 e. The number of aliphatic imine (C=N–C) groups is 1. The van der Waals surface area contributed by atoms with E-state index in [0.29, 0.717) is 42.3 Å². The van der Waals surface area contributed by atoms with Crippen LogP contribution in [0.4, 0.5) is 0 Å². The minimum absolute atomic E-state index is 0.117. The van der Waals surface area contributed by atoms with E-state index in [-0.39, 0.29) is 17.6 Å². The standard InChI is InChI=1S/C20H19NO6/c1-3-6-18(22)26-15-9-8-13(12-17(15)24-4-2)11-14-20(23)27-19(21-14)16-7-5-10-25-16/h5,7-12H,3-4,6H2,1-2H3/b14-11-. The third-order valence-electron chi connectivity index (χ3n) is 3.60. The Morgan fingerprint density at radius 1 is 1.22 bits per heavy atom. The first kappa shape index (κ1) is 18.4. The van der Waals surface area contributed by atoms with Crippen molar-refractivity contribution in [2.24, 2.45) is 4.99 Å². The lowest BCUT2D eigenvalue weighted by atomic mass is 10.1. The SMILES string of the molecule is CCCC(=O)Oc1ccc(/C=C2\N=C(c3ccco3)OC2=O)cc1OCC. The zero-order chi connectivity index (χ0) is 19.2. The van der Waals surface area contributed by atoms with E-state index < -0.39 is 5.97 Å². The molecule has 0 saturated carbocycles. The van der Waals surface area contributed by atoms with E-state index in [4.69, 9.17) is 18.6 Å². The van der Waals surface area contributed by atoms with E-state index in [9.17, 15) is 9.59 Å². The first-order valence-electron chi connectivity index (χ1n) is 8.64. The van der Waals surface area contributed by atoms with E-state index in [0.717, 1.165) is 0 Å². The van der Waals surface area contributed by atoms with Crippen LogP contribution in [0.2, 0.25) is 0 Å². The van der Waals surface area contributed by atoms with Gasteiger partial charge in [0.15, 0.2) is 23.0 Å². The quantitative estimate of drug-likeness (QED) is 0.420. The summed E-state index contributed by atoms with van der Waals surface area (Å²) in [6, 6.07) is 8.35. The van der Waals surface area contributed by atoms with E-state index in [1.165, 1.54) is 6.26 Å². The maximum absolute atomic E-state index is 12.0. The van der Waals surface area contributed by atoms with Crippen LogP contribution >= 0.6 is 0 Å². The molecule has 0 unspecified atom stereocenters. The Bertz CT molecular complexity index is 895. The van der Waals surface area contributed by atoms with Crippen molar-refractivity contribution in [1.29, 1.82) is 0 Å². The maximum Gasteiger partial charge on any atom is 0.363 e. The van der Waals surface area contributed by atoms with Gasteiger partial charge >= 0.3 is 11.9 Å². The highest BCUT2D eigenvalue weighted by molar-refractivity contribution is 6.11. The van der Waals surface area contributed by atoms with Crippen LogP contribution in [0.1, 0.15) is 38.0 Å². The van der Waals surface area contributed by atoms with Gasteiger partial charge in [0.1, 0.15) is 0 Å². The summed E-state index contributed by atoms with van der Waals surface area (Å²) < 4.78 is 21.2. The van der Waals surface area contributed by atoms with Crippen molar-refractivity contribution in [1.82, 2.24) is 0 Å². The molecule has 2 heterocycles. The molecular weight excluding hydrogens is 350 g/mol. The fourth-order valence-corrected chi connectivity index (χ4v) is 2.42. The van der Waals surface area contributed by atoms with Gasteiger partial charge in [-0.3, -0.25) is 4.79 Å². The van der Waals surface area contributed by atoms with Crippen molar-refractivity contribution in [3.63, 3.8) is 0 Å². The number of rotatable bonds is 7. The molecule has 2 aromatic rings. The fraction of sp³-hybridized carbons (Fsp3) is 0.250. The number of hydrogen-bond donors (Lipinski definition) is 0. The normalized spacial score (nSPS) is 14.8. The highest BCUT2D eigenvalue weighted by atomic mass is 16.6. The van der Waals surface area contributed by atoms with Crippen molar-refractivity contribution in [2.45, 2.75) is 26.7 Å². The number of carbonyl (C=O) groups excluding carboxylic acids is 2. The van der Waals surface area contributed by atoms with Crippen LogP contribution in [0.25, 0.3) is 6.08 Å². The minimum atomic E-state index is -0.571. The predicted octanol–water partition coefficient (Wildman–Crippen LogP) is 3.73. The molecule has 0 atom stereocenters. The van der Waals surface area contributed by atoms with Crippen LogP contribution in [0.3, 0.4) is 0 Å². The Labute approximate surface area is 156 Å². The summed E-state index contributed by atoms with van der Waals surface area (Å²) in [6.45, 7) is 4.14. The average Bonchev–Trinajstić information content (AvgIpc) is 3.28. The monoisotopic (exact) mass is 369 g/mol. The van der Waals surface area contributed by atoms with E-state index in [1.54, 1.807) is 36.4 Å². The van der Waals surface area contributed by atoms with Crippen molar-refractivity contribution < 1.29 is 28.2 Å². The number of hydrogen-bond acceptors (Lipinski definition) is 7. The number of carbonyl (C=O) groups is 2. The van der Waals surface area contributed by atoms with Crippen molar-refractivity contribution in [3.8, 4) is 11.5 Å². The number of ether oxygens (including phenoxy) is 3. The summed E-state index contributed by atoms with van der Waals surface area (Å²) in [4.78, 5) is 27.9. The zero-order valence-corrected chi connectivity index (χ0v) is 15.1. The molecule has 1 aromatic carbocycles. The molecule has 7 nitrogen and oxygen atoms in total. The Balaban J connectivity index is 1.86. The summed E-state index contributed by atoms with van der Waals surface area (Å²) in [5, 5.41) is 0. The number of furan rings is 1. The van der Waals surface area contributed by atoms with Crippen LogP contribution in [-0.2, 0) is 14.3 Å². The Kier molecular flexibility index (Phi) is 5.71. The summed E-state index contributed by atoms with van der Waals surface area (Å²) in [5.74, 6) is 0.352. The molecule has 0 amide bonds. The molecule has 140 valence electrons. The highest BCUT2D eigenvalue weighted by Gasteiger charge is 2.25. The molecule has 0 bridgehead atoms. The molecular formula is C20H19NO6. The van der Waals surface area contributed by atoms with Crippen LogP contribution in [0, 0.1) is 0 Å². The van der Waals surface area contributed by atoms with Gasteiger partial charge in [-0.15, -0.1) is 0 Å². The van der Waals surface area contributed by atoms with Gasteiger partial charge in [-0.05, 0) is 49.2 Å². The number of cyclic esters (lactones) is 1. The van der Waals surface area contributed by atoms with Gasteiger partial charge in [0, 0.05) is 6.42 Å². The van der Waals surface area contributed by atoms with Crippen molar-refractivity contribution >= 4 is 23.9 Å². The number of benzene rings is 1. The van der Waals surface area contributed by atoms with Gasteiger partial charge in [-0.2, -0.15) is 0 Å². The molecule has 7 heteroatoms.